The largest absolute Gasteiger partial charge is 0.507 e. The first-order valence-corrected chi connectivity index (χ1v) is 10.7. The number of aryl methyl sites for hydroxylation is 2. The van der Waals surface area contributed by atoms with Crippen molar-refractivity contribution in [1.82, 2.24) is 4.90 Å². The number of benzene rings is 2. The Hall–Kier alpha value is -2.88. The third kappa shape index (κ3) is 4.04. The quantitative estimate of drug-likeness (QED) is 0.384. The molecule has 1 heterocycles. The van der Waals surface area contributed by atoms with Crippen LogP contribution in [0.15, 0.2) is 48.0 Å². The maximum Gasteiger partial charge on any atom is 0.295 e. The second kappa shape index (κ2) is 8.86. The van der Waals surface area contributed by atoms with Crippen molar-refractivity contribution in [2.45, 2.75) is 59.4 Å². The number of Topliss-reactive ketones (excluding diaryl/α,β-unsaturated/α-hetero) is 1. The van der Waals surface area contributed by atoms with Gasteiger partial charge in [0.15, 0.2) is 0 Å². The average Bonchev–Trinajstić information content (AvgIpc) is 2.98. The van der Waals surface area contributed by atoms with Crippen molar-refractivity contribution in [3.05, 3.63) is 75.9 Å². The van der Waals surface area contributed by atoms with Gasteiger partial charge in [-0.15, -0.1) is 0 Å². The van der Waals surface area contributed by atoms with Crippen molar-refractivity contribution >= 4 is 17.4 Å². The minimum Gasteiger partial charge on any atom is -0.507 e. The maximum atomic E-state index is 13.0. The van der Waals surface area contributed by atoms with E-state index in [4.69, 9.17) is 0 Å². The van der Waals surface area contributed by atoms with E-state index in [1.165, 1.54) is 5.56 Å². The highest BCUT2D eigenvalue weighted by molar-refractivity contribution is 6.46. The van der Waals surface area contributed by atoms with Crippen molar-refractivity contribution in [2.24, 2.45) is 0 Å². The molecular formula is C26H31NO3. The van der Waals surface area contributed by atoms with Crippen LogP contribution in [-0.4, -0.2) is 28.2 Å². The van der Waals surface area contributed by atoms with E-state index < -0.39 is 17.7 Å². The Morgan fingerprint density at radius 1 is 1.03 bits per heavy atom. The standard InChI is InChI=1S/C26H31NO3/c1-6-7-14-27-23(20-12-10-19(11-13-20)16(2)3)22(25(29)26(27)30)24(28)21-9-8-17(4)18(5)15-21/h8-13,15-16,23,28H,6-7,14H2,1-5H3/b24-22-. The molecule has 4 nitrogen and oxygen atoms in total. The fourth-order valence-corrected chi connectivity index (χ4v) is 3.89. The summed E-state index contributed by atoms with van der Waals surface area (Å²) in [6.07, 6.45) is 1.72. The first-order valence-electron chi connectivity index (χ1n) is 10.7. The number of rotatable bonds is 6. The van der Waals surface area contributed by atoms with Gasteiger partial charge < -0.3 is 10.0 Å². The number of unbranched alkanes of at least 4 members (excludes halogenated alkanes) is 1. The van der Waals surface area contributed by atoms with E-state index in [0.717, 1.165) is 29.5 Å². The SMILES string of the molecule is CCCCN1C(=O)C(=O)/C(=C(\O)c2ccc(C)c(C)c2)C1c1ccc(C(C)C)cc1. The van der Waals surface area contributed by atoms with E-state index in [2.05, 4.69) is 20.8 Å². The number of aliphatic hydroxyl groups excluding tert-OH is 1. The molecule has 1 atom stereocenters. The highest BCUT2D eigenvalue weighted by Gasteiger charge is 2.45. The Bertz CT molecular complexity index is 986. The van der Waals surface area contributed by atoms with Crippen LogP contribution in [0.5, 0.6) is 0 Å². The zero-order chi connectivity index (χ0) is 22.0. The Morgan fingerprint density at radius 3 is 2.27 bits per heavy atom. The molecular weight excluding hydrogens is 374 g/mol. The van der Waals surface area contributed by atoms with Crippen LogP contribution in [0, 0.1) is 13.8 Å². The van der Waals surface area contributed by atoms with Crippen LogP contribution in [0.1, 0.15) is 73.4 Å². The number of hydrogen-bond acceptors (Lipinski definition) is 3. The fraction of sp³-hybridized carbons (Fsp3) is 0.385. The summed E-state index contributed by atoms with van der Waals surface area (Å²) in [4.78, 5) is 27.5. The summed E-state index contributed by atoms with van der Waals surface area (Å²) in [6, 6.07) is 13.0. The van der Waals surface area contributed by atoms with Gasteiger partial charge in [-0.1, -0.05) is 63.6 Å². The fourth-order valence-electron chi connectivity index (χ4n) is 3.89. The van der Waals surface area contributed by atoms with Crippen LogP contribution in [-0.2, 0) is 9.59 Å². The number of amides is 1. The number of likely N-dealkylation sites (tertiary alicyclic amines) is 1. The predicted octanol–water partition coefficient (Wildman–Crippen LogP) is 5.65. The molecule has 0 bridgehead atoms. The van der Waals surface area contributed by atoms with E-state index in [1.54, 1.807) is 11.0 Å². The second-order valence-electron chi connectivity index (χ2n) is 8.47. The van der Waals surface area contributed by atoms with E-state index in [9.17, 15) is 14.7 Å². The van der Waals surface area contributed by atoms with E-state index in [0.29, 0.717) is 18.0 Å². The Labute approximate surface area is 179 Å². The molecule has 0 aromatic heterocycles. The van der Waals surface area contributed by atoms with Crippen LogP contribution < -0.4 is 0 Å². The van der Waals surface area contributed by atoms with Crippen LogP contribution in [0.25, 0.3) is 5.76 Å². The van der Waals surface area contributed by atoms with E-state index in [1.807, 2.05) is 50.2 Å². The van der Waals surface area contributed by atoms with Gasteiger partial charge in [-0.2, -0.15) is 0 Å². The monoisotopic (exact) mass is 405 g/mol. The van der Waals surface area contributed by atoms with Gasteiger partial charge in [0.1, 0.15) is 5.76 Å². The summed E-state index contributed by atoms with van der Waals surface area (Å²) in [5, 5.41) is 11.1. The number of aliphatic hydroxyl groups is 1. The molecule has 4 heteroatoms. The lowest BCUT2D eigenvalue weighted by atomic mass is 9.92. The van der Waals surface area contributed by atoms with Crippen molar-refractivity contribution in [1.29, 1.82) is 0 Å². The molecule has 0 radical (unpaired) electrons. The number of ketones is 1. The molecule has 1 saturated heterocycles. The molecule has 2 aromatic rings. The number of nitrogens with zero attached hydrogens (tertiary/aromatic N) is 1. The van der Waals surface area contributed by atoms with E-state index >= 15 is 0 Å². The van der Waals surface area contributed by atoms with Gasteiger partial charge in [-0.25, -0.2) is 0 Å². The molecule has 1 fully saturated rings. The first-order chi connectivity index (χ1) is 14.3. The number of hydrogen-bond donors (Lipinski definition) is 1. The van der Waals surface area contributed by atoms with Crippen LogP contribution >= 0.6 is 0 Å². The minimum atomic E-state index is -0.611. The lowest BCUT2D eigenvalue weighted by Gasteiger charge is -2.25. The summed E-state index contributed by atoms with van der Waals surface area (Å²) in [6.45, 7) is 10.8. The van der Waals surface area contributed by atoms with Gasteiger partial charge in [0, 0.05) is 12.1 Å². The molecule has 158 valence electrons. The van der Waals surface area contributed by atoms with Crippen molar-refractivity contribution in [3.8, 4) is 0 Å². The Morgan fingerprint density at radius 2 is 1.70 bits per heavy atom. The minimum absolute atomic E-state index is 0.103. The highest BCUT2D eigenvalue weighted by atomic mass is 16.3. The van der Waals surface area contributed by atoms with Gasteiger partial charge in [-0.3, -0.25) is 9.59 Å². The third-order valence-electron chi connectivity index (χ3n) is 5.99. The average molecular weight is 406 g/mol. The van der Waals surface area contributed by atoms with Crippen LogP contribution in [0.4, 0.5) is 0 Å². The summed E-state index contributed by atoms with van der Waals surface area (Å²) < 4.78 is 0. The second-order valence-corrected chi connectivity index (χ2v) is 8.47. The van der Waals surface area contributed by atoms with Crippen molar-refractivity contribution in [3.63, 3.8) is 0 Å². The smallest absolute Gasteiger partial charge is 0.295 e. The van der Waals surface area contributed by atoms with E-state index in [-0.39, 0.29) is 11.3 Å². The molecule has 0 aliphatic carbocycles. The van der Waals surface area contributed by atoms with Crippen molar-refractivity contribution < 1.29 is 14.7 Å². The first kappa shape index (κ1) is 21.8. The van der Waals surface area contributed by atoms with Gasteiger partial charge in [0.05, 0.1) is 11.6 Å². The van der Waals surface area contributed by atoms with Gasteiger partial charge in [-0.05, 0) is 54.5 Å². The summed E-state index contributed by atoms with van der Waals surface area (Å²) in [5.41, 5.74) is 4.92. The molecule has 1 N–H and O–H groups in total. The Balaban J connectivity index is 2.15. The van der Waals surface area contributed by atoms with Crippen molar-refractivity contribution in [2.75, 3.05) is 6.54 Å². The zero-order valence-electron chi connectivity index (χ0n) is 18.5. The highest BCUT2D eigenvalue weighted by Crippen LogP contribution is 2.40. The lowest BCUT2D eigenvalue weighted by molar-refractivity contribution is -0.139. The summed E-state index contributed by atoms with van der Waals surface area (Å²) >= 11 is 0. The molecule has 1 unspecified atom stereocenters. The molecule has 0 spiro atoms. The molecule has 0 saturated carbocycles. The molecule has 3 rings (SSSR count). The lowest BCUT2D eigenvalue weighted by Crippen LogP contribution is -2.30. The summed E-state index contributed by atoms with van der Waals surface area (Å²) in [5.74, 6) is -0.860. The topological polar surface area (TPSA) is 57.6 Å². The molecule has 1 aliphatic rings. The molecule has 1 amide bonds. The number of carbonyl (C=O) groups excluding carboxylic acids is 2. The maximum absolute atomic E-state index is 13.0. The van der Waals surface area contributed by atoms with Gasteiger partial charge >= 0.3 is 0 Å². The molecule has 30 heavy (non-hydrogen) atoms. The van der Waals surface area contributed by atoms with Gasteiger partial charge in [0.25, 0.3) is 11.7 Å². The molecule has 1 aliphatic heterocycles. The molecule has 2 aromatic carbocycles. The normalized spacial score (nSPS) is 18.5. The predicted molar refractivity (Wildman–Crippen MR) is 120 cm³/mol. The Kier molecular flexibility index (Phi) is 6.45. The zero-order valence-corrected chi connectivity index (χ0v) is 18.5. The number of carbonyl (C=O) groups is 2. The summed E-state index contributed by atoms with van der Waals surface area (Å²) in [7, 11) is 0. The van der Waals surface area contributed by atoms with Crippen LogP contribution in [0.2, 0.25) is 0 Å². The third-order valence-corrected chi connectivity index (χ3v) is 5.99. The van der Waals surface area contributed by atoms with Crippen LogP contribution in [0.3, 0.4) is 0 Å². The van der Waals surface area contributed by atoms with Gasteiger partial charge in [0.2, 0.25) is 0 Å².